The maximum absolute atomic E-state index is 13.0. The van der Waals surface area contributed by atoms with Crippen molar-refractivity contribution in [3.63, 3.8) is 0 Å². The van der Waals surface area contributed by atoms with Crippen LogP contribution < -0.4 is 10.2 Å². The van der Waals surface area contributed by atoms with E-state index in [-0.39, 0.29) is 11.9 Å². The fraction of sp³-hybridized carbons (Fsp3) is 0.174. The number of carbonyl (C=O) groups is 2. The van der Waals surface area contributed by atoms with Crippen LogP contribution in [0.2, 0.25) is 0 Å². The van der Waals surface area contributed by atoms with Crippen LogP contribution in [0.4, 0.5) is 17.2 Å². The van der Waals surface area contributed by atoms with Gasteiger partial charge in [0.25, 0.3) is 5.91 Å². The van der Waals surface area contributed by atoms with Gasteiger partial charge in [0, 0.05) is 24.1 Å². The number of esters is 1. The number of para-hydroxylation sites is 1. The van der Waals surface area contributed by atoms with Crippen molar-refractivity contribution in [3.05, 3.63) is 83.6 Å². The zero-order valence-corrected chi connectivity index (χ0v) is 16.1. The monoisotopic (exact) mass is 387 g/mol. The molecule has 0 saturated carbocycles. The molecule has 0 unspecified atom stereocenters. The van der Waals surface area contributed by atoms with E-state index in [2.05, 4.69) is 16.4 Å². The van der Waals surface area contributed by atoms with Crippen LogP contribution in [-0.4, -0.2) is 30.5 Å². The average Bonchev–Trinajstić information content (AvgIpc) is 2.78. The van der Waals surface area contributed by atoms with Crippen LogP contribution in [0.5, 0.6) is 0 Å². The Bertz CT molecular complexity index is 1030. The van der Waals surface area contributed by atoms with Crippen molar-refractivity contribution >= 4 is 29.1 Å². The topological polar surface area (TPSA) is 71.5 Å². The molecular formula is C23H21N3O3. The number of nitrogens with zero attached hydrogens (tertiary/aromatic N) is 2. The highest BCUT2D eigenvalue weighted by molar-refractivity contribution is 6.06. The van der Waals surface area contributed by atoms with E-state index in [0.29, 0.717) is 23.5 Å². The summed E-state index contributed by atoms with van der Waals surface area (Å²) < 4.78 is 4.69. The Labute approximate surface area is 169 Å². The maximum Gasteiger partial charge on any atom is 0.337 e. The molecule has 1 aliphatic heterocycles. The highest BCUT2D eigenvalue weighted by atomic mass is 16.5. The fourth-order valence-electron chi connectivity index (χ4n) is 3.45. The first-order valence-corrected chi connectivity index (χ1v) is 9.47. The number of hydrogen-bond donors (Lipinski definition) is 1. The molecule has 6 heteroatoms. The number of rotatable bonds is 4. The number of fused-ring (bicyclic) bond motifs is 1. The molecule has 146 valence electrons. The Hall–Kier alpha value is -3.67. The number of hydrogen-bond acceptors (Lipinski definition) is 5. The third-order valence-corrected chi connectivity index (χ3v) is 4.94. The lowest BCUT2D eigenvalue weighted by Crippen LogP contribution is -2.35. The van der Waals surface area contributed by atoms with E-state index in [1.54, 1.807) is 42.6 Å². The number of aromatic nitrogens is 1. The molecule has 6 nitrogen and oxygen atoms in total. The summed E-state index contributed by atoms with van der Waals surface area (Å²) in [5.41, 5.74) is 4.00. The van der Waals surface area contributed by atoms with E-state index in [1.165, 1.54) is 12.7 Å². The van der Waals surface area contributed by atoms with Crippen LogP contribution >= 0.6 is 0 Å². The Balaban J connectivity index is 1.47. The molecule has 0 spiro atoms. The van der Waals surface area contributed by atoms with Gasteiger partial charge in [0.05, 0.1) is 18.2 Å². The second-order valence-electron chi connectivity index (χ2n) is 6.82. The van der Waals surface area contributed by atoms with Crippen LogP contribution in [0.15, 0.2) is 66.9 Å². The number of pyridine rings is 1. The van der Waals surface area contributed by atoms with Gasteiger partial charge in [-0.25, -0.2) is 9.78 Å². The van der Waals surface area contributed by atoms with Crippen molar-refractivity contribution in [1.29, 1.82) is 0 Å². The van der Waals surface area contributed by atoms with Crippen molar-refractivity contribution < 1.29 is 14.3 Å². The summed E-state index contributed by atoms with van der Waals surface area (Å²) in [7, 11) is 1.35. The predicted octanol–water partition coefficient (Wildman–Crippen LogP) is 4.20. The first-order chi connectivity index (χ1) is 14.2. The van der Waals surface area contributed by atoms with Gasteiger partial charge in [-0.15, -0.1) is 0 Å². The number of methoxy groups -OCH3 is 1. The molecule has 0 bridgehead atoms. The van der Waals surface area contributed by atoms with Crippen molar-refractivity contribution in [1.82, 2.24) is 4.98 Å². The Morgan fingerprint density at radius 2 is 1.76 bits per heavy atom. The standard InChI is InChI=1S/C23H21N3O3/c1-29-23(28)17-8-11-19(12-9-17)25-21-13-10-18(15-24-21)22(27)26-14-4-6-16-5-2-3-7-20(16)26/h2-3,5,7-13,15H,4,6,14H2,1H3,(H,24,25). The van der Waals surface area contributed by atoms with Gasteiger partial charge in [-0.05, 0) is 60.9 Å². The van der Waals surface area contributed by atoms with Gasteiger partial charge in [-0.3, -0.25) is 4.79 Å². The van der Waals surface area contributed by atoms with E-state index in [9.17, 15) is 9.59 Å². The third kappa shape index (κ3) is 3.96. The number of ether oxygens (including phenoxy) is 1. The normalized spacial score (nSPS) is 12.8. The fourth-order valence-corrected chi connectivity index (χ4v) is 3.45. The Morgan fingerprint density at radius 1 is 1.00 bits per heavy atom. The lowest BCUT2D eigenvalue weighted by atomic mass is 10.0. The van der Waals surface area contributed by atoms with E-state index in [4.69, 9.17) is 4.74 Å². The quantitative estimate of drug-likeness (QED) is 0.679. The maximum atomic E-state index is 13.0. The summed E-state index contributed by atoms with van der Waals surface area (Å²) in [6.07, 6.45) is 3.54. The number of aryl methyl sites for hydroxylation is 1. The predicted molar refractivity (Wildman–Crippen MR) is 112 cm³/mol. The zero-order valence-electron chi connectivity index (χ0n) is 16.1. The van der Waals surface area contributed by atoms with Gasteiger partial charge in [0.2, 0.25) is 0 Å². The van der Waals surface area contributed by atoms with Crippen LogP contribution in [0.25, 0.3) is 0 Å². The molecule has 1 N–H and O–H groups in total. The zero-order chi connectivity index (χ0) is 20.2. The van der Waals surface area contributed by atoms with Crippen LogP contribution in [0.1, 0.15) is 32.7 Å². The molecular weight excluding hydrogens is 366 g/mol. The second kappa shape index (κ2) is 8.14. The second-order valence-corrected chi connectivity index (χ2v) is 6.82. The van der Waals surface area contributed by atoms with Crippen LogP contribution in [0, 0.1) is 0 Å². The van der Waals surface area contributed by atoms with E-state index in [1.807, 2.05) is 23.1 Å². The summed E-state index contributed by atoms with van der Waals surface area (Å²) in [5, 5.41) is 3.16. The molecule has 2 heterocycles. The molecule has 0 radical (unpaired) electrons. The molecule has 3 aromatic rings. The van der Waals surface area contributed by atoms with Crippen molar-refractivity contribution in [2.75, 3.05) is 23.9 Å². The average molecular weight is 387 g/mol. The first-order valence-electron chi connectivity index (χ1n) is 9.47. The number of nitrogens with one attached hydrogen (secondary N) is 1. The van der Waals surface area contributed by atoms with Crippen LogP contribution in [0.3, 0.4) is 0 Å². The molecule has 1 aromatic heterocycles. The molecule has 29 heavy (non-hydrogen) atoms. The van der Waals surface area contributed by atoms with Gasteiger partial charge in [-0.2, -0.15) is 0 Å². The number of benzene rings is 2. The van der Waals surface area contributed by atoms with E-state index < -0.39 is 0 Å². The number of carbonyl (C=O) groups excluding carboxylic acids is 2. The molecule has 2 aromatic carbocycles. The first kappa shape index (κ1) is 18.7. The summed E-state index contributed by atoms with van der Waals surface area (Å²) in [6.45, 7) is 0.711. The Morgan fingerprint density at radius 3 is 2.48 bits per heavy atom. The van der Waals surface area contributed by atoms with Gasteiger partial charge in [0.15, 0.2) is 0 Å². The summed E-state index contributed by atoms with van der Waals surface area (Å²) in [6, 6.07) is 18.5. The lowest BCUT2D eigenvalue weighted by Gasteiger charge is -2.29. The SMILES string of the molecule is COC(=O)c1ccc(Nc2ccc(C(=O)N3CCCc4ccccc43)cn2)cc1. The van der Waals surface area contributed by atoms with Crippen molar-refractivity contribution in [2.24, 2.45) is 0 Å². The van der Waals surface area contributed by atoms with Gasteiger partial charge in [-0.1, -0.05) is 18.2 Å². The molecule has 4 rings (SSSR count). The summed E-state index contributed by atoms with van der Waals surface area (Å²) in [4.78, 5) is 30.7. The minimum absolute atomic E-state index is 0.0429. The van der Waals surface area contributed by atoms with Gasteiger partial charge < -0.3 is 15.0 Å². The van der Waals surface area contributed by atoms with Crippen molar-refractivity contribution in [3.8, 4) is 0 Å². The van der Waals surface area contributed by atoms with Gasteiger partial charge in [0.1, 0.15) is 5.82 Å². The third-order valence-electron chi connectivity index (χ3n) is 4.94. The Kier molecular flexibility index (Phi) is 5.24. The molecule has 0 atom stereocenters. The minimum atomic E-state index is -0.378. The molecule has 1 aliphatic rings. The highest BCUT2D eigenvalue weighted by Gasteiger charge is 2.23. The highest BCUT2D eigenvalue weighted by Crippen LogP contribution is 2.28. The molecule has 1 amide bonds. The number of amides is 1. The van der Waals surface area contributed by atoms with Gasteiger partial charge >= 0.3 is 5.97 Å². The molecule has 0 saturated heterocycles. The summed E-state index contributed by atoms with van der Waals surface area (Å²) >= 11 is 0. The lowest BCUT2D eigenvalue weighted by molar-refractivity contribution is 0.0600. The molecule has 0 fully saturated rings. The van der Waals surface area contributed by atoms with E-state index in [0.717, 1.165) is 24.2 Å². The number of anilines is 3. The van der Waals surface area contributed by atoms with Crippen LogP contribution in [-0.2, 0) is 11.2 Å². The smallest absolute Gasteiger partial charge is 0.337 e. The summed E-state index contributed by atoms with van der Waals surface area (Å²) in [5.74, 6) is 0.196. The molecule has 0 aliphatic carbocycles. The van der Waals surface area contributed by atoms with Crippen molar-refractivity contribution in [2.45, 2.75) is 12.8 Å². The largest absolute Gasteiger partial charge is 0.465 e. The van der Waals surface area contributed by atoms with E-state index >= 15 is 0 Å². The minimum Gasteiger partial charge on any atom is -0.465 e.